The summed E-state index contributed by atoms with van der Waals surface area (Å²) < 4.78 is 1.79. The van der Waals surface area contributed by atoms with E-state index in [9.17, 15) is 4.79 Å². The van der Waals surface area contributed by atoms with E-state index in [-0.39, 0.29) is 6.42 Å². The van der Waals surface area contributed by atoms with Gasteiger partial charge in [-0.2, -0.15) is 0 Å². The molecule has 0 aliphatic carbocycles. The number of hydrogen-bond acceptors (Lipinski definition) is 4. The van der Waals surface area contributed by atoms with Gasteiger partial charge in [0.05, 0.1) is 17.8 Å². The fourth-order valence-electron chi connectivity index (χ4n) is 2.98. The van der Waals surface area contributed by atoms with E-state index >= 15 is 0 Å². The molecule has 2 aromatic heterocycles. The van der Waals surface area contributed by atoms with Crippen LogP contribution in [-0.4, -0.2) is 20.5 Å². The first-order valence-corrected chi connectivity index (χ1v) is 8.04. The zero-order valence-corrected chi connectivity index (χ0v) is 14.7. The van der Waals surface area contributed by atoms with Crippen molar-refractivity contribution in [3.8, 4) is 0 Å². The fraction of sp³-hybridized carbons (Fsp3) is 0.263. The summed E-state index contributed by atoms with van der Waals surface area (Å²) in [5.41, 5.74) is 6.14. The summed E-state index contributed by atoms with van der Waals surface area (Å²) in [5, 5.41) is 17.9. The van der Waals surface area contributed by atoms with Crippen LogP contribution in [0.1, 0.15) is 27.9 Å². The van der Waals surface area contributed by atoms with Crippen molar-refractivity contribution in [2.75, 3.05) is 0 Å². The van der Waals surface area contributed by atoms with Gasteiger partial charge in [-0.05, 0) is 50.5 Å². The van der Waals surface area contributed by atoms with Crippen molar-refractivity contribution < 1.29 is 9.90 Å². The van der Waals surface area contributed by atoms with Crippen molar-refractivity contribution in [2.45, 2.75) is 34.1 Å². The van der Waals surface area contributed by atoms with E-state index < -0.39 is 5.97 Å². The Morgan fingerprint density at radius 3 is 2.40 bits per heavy atom. The minimum Gasteiger partial charge on any atom is -0.481 e. The molecule has 0 saturated carbocycles. The van der Waals surface area contributed by atoms with Crippen LogP contribution < -0.4 is 0 Å². The molecule has 0 radical (unpaired) electrons. The summed E-state index contributed by atoms with van der Waals surface area (Å²) in [6, 6.07) is 7.89. The summed E-state index contributed by atoms with van der Waals surface area (Å²) in [5.74, 6) is -0.486. The molecule has 3 aromatic rings. The van der Waals surface area contributed by atoms with Crippen LogP contribution in [0.25, 0.3) is 5.65 Å². The van der Waals surface area contributed by atoms with E-state index in [1.54, 1.807) is 4.40 Å². The Hall–Kier alpha value is -3.02. The van der Waals surface area contributed by atoms with E-state index in [1.165, 1.54) is 5.56 Å². The Morgan fingerprint density at radius 2 is 1.76 bits per heavy atom. The predicted octanol–water partition coefficient (Wildman–Crippen LogP) is 4.61. The Labute approximate surface area is 145 Å². The van der Waals surface area contributed by atoms with Gasteiger partial charge in [-0.25, -0.2) is 4.98 Å². The van der Waals surface area contributed by atoms with E-state index in [0.717, 1.165) is 22.4 Å². The predicted molar refractivity (Wildman–Crippen MR) is 96.1 cm³/mol. The molecule has 6 heteroatoms. The Morgan fingerprint density at radius 1 is 1.08 bits per heavy atom. The number of carboxylic acids is 1. The summed E-state index contributed by atoms with van der Waals surface area (Å²) in [4.78, 5) is 15.6. The number of pyridine rings is 1. The molecule has 3 rings (SSSR count). The van der Waals surface area contributed by atoms with E-state index in [0.29, 0.717) is 17.2 Å². The first-order valence-electron chi connectivity index (χ1n) is 8.04. The number of azo groups is 1. The van der Waals surface area contributed by atoms with Crippen LogP contribution in [0.4, 0.5) is 11.5 Å². The quantitative estimate of drug-likeness (QED) is 0.707. The highest BCUT2D eigenvalue weighted by Crippen LogP contribution is 2.29. The number of imidazole rings is 1. The molecule has 0 unspecified atom stereocenters. The number of carbonyl (C=O) groups is 1. The lowest BCUT2D eigenvalue weighted by molar-refractivity contribution is -0.136. The first kappa shape index (κ1) is 16.8. The average Bonchev–Trinajstić information content (AvgIpc) is 2.82. The number of aryl methyl sites for hydroxylation is 4. The van der Waals surface area contributed by atoms with Crippen molar-refractivity contribution in [3.05, 3.63) is 58.4 Å². The highest BCUT2D eigenvalue weighted by atomic mass is 16.4. The van der Waals surface area contributed by atoms with Gasteiger partial charge < -0.3 is 5.11 Å². The molecular weight excluding hydrogens is 316 g/mol. The molecular formula is C19H20N4O2. The van der Waals surface area contributed by atoms with Gasteiger partial charge in [0.2, 0.25) is 0 Å². The normalized spacial score (nSPS) is 11.5. The second-order valence-electron chi connectivity index (χ2n) is 6.33. The monoisotopic (exact) mass is 336 g/mol. The molecule has 1 aromatic carbocycles. The third-order valence-electron chi connectivity index (χ3n) is 4.01. The SMILES string of the molecule is Cc1cc(C)c(N=Nc2c(CC(=O)O)nc3ccc(C)cn23)c(C)c1. The third-order valence-corrected chi connectivity index (χ3v) is 4.01. The highest BCUT2D eigenvalue weighted by molar-refractivity contribution is 5.72. The third kappa shape index (κ3) is 3.42. The summed E-state index contributed by atoms with van der Waals surface area (Å²) in [6.07, 6.45) is 1.69. The lowest BCUT2D eigenvalue weighted by Crippen LogP contribution is -2.00. The molecule has 0 bridgehead atoms. The minimum absolute atomic E-state index is 0.194. The van der Waals surface area contributed by atoms with E-state index in [4.69, 9.17) is 5.11 Å². The fourth-order valence-corrected chi connectivity index (χ4v) is 2.98. The van der Waals surface area contributed by atoms with Crippen LogP contribution in [0, 0.1) is 27.7 Å². The van der Waals surface area contributed by atoms with Gasteiger partial charge in [0.15, 0.2) is 5.82 Å². The van der Waals surface area contributed by atoms with Gasteiger partial charge in [-0.1, -0.05) is 23.8 Å². The average molecular weight is 336 g/mol. The Kier molecular flexibility index (Phi) is 4.35. The molecule has 0 amide bonds. The van der Waals surface area contributed by atoms with Crippen LogP contribution in [-0.2, 0) is 11.2 Å². The zero-order valence-electron chi connectivity index (χ0n) is 14.7. The molecule has 0 saturated heterocycles. The number of aliphatic carboxylic acids is 1. The molecule has 128 valence electrons. The summed E-state index contributed by atoms with van der Waals surface area (Å²) in [7, 11) is 0. The van der Waals surface area contributed by atoms with Crippen LogP contribution in [0.15, 0.2) is 40.7 Å². The van der Waals surface area contributed by atoms with Crippen molar-refractivity contribution in [2.24, 2.45) is 10.2 Å². The van der Waals surface area contributed by atoms with E-state index in [1.807, 2.05) is 46.0 Å². The maximum atomic E-state index is 11.2. The van der Waals surface area contributed by atoms with Gasteiger partial charge in [-0.15, -0.1) is 10.2 Å². The summed E-state index contributed by atoms with van der Waals surface area (Å²) in [6.45, 7) is 7.99. The van der Waals surface area contributed by atoms with Crippen LogP contribution >= 0.6 is 0 Å². The molecule has 1 N–H and O–H groups in total. The number of aromatic nitrogens is 2. The lowest BCUT2D eigenvalue weighted by Gasteiger charge is -2.05. The number of carboxylic acid groups (broad SMARTS) is 1. The molecule has 2 heterocycles. The topological polar surface area (TPSA) is 79.3 Å². The minimum atomic E-state index is -0.945. The number of nitrogens with zero attached hydrogens (tertiary/aromatic N) is 4. The molecule has 6 nitrogen and oxygen atoms in total. The summed E-state index contributed by atoms with van der Waals surface area (Å²) >= 11 is 0. The maximum Gasteiger partial charge on any atom is 0.309 e. The second-order valence-corrected chi connectivity index (χ2v) is 6.33. The van der Waals surface area contributed by atoms with Crippen molar-refractivity contribution in [1.29, 1.82) is 0 Å². The number of benzene rings is 1. The molecule has 0 aliphatic heterocycles. The standard InChI is InChI=1S/C19H20N4O2/c1-11-5-6-16-20-15(9-17(24)25)19(23(16)10-11)22-21-18-13(3)7-12(2)8-14(18)4/h5-8,10H,9H2,1-4H3,(H,24,25). The van der Waals surface area contributed by atoms with Crippen LogP contribution in [0.2, 0.25) is 0 Å². The molecule has 0 fully saturated rings. The van der Waals surface area contributed by atoms with Gasteiger partial charge >= 0.3 is 5.97 Å². The number of fused-ring (bicyclic) bond motifs is 1. The van der Waals surface area contributed by atoms with E-state index in [2.05, 4.69) is 27.3 Å². The first-order chi connectivity index (χ1) is 11.8. The maximum absolute atomic E-state index is 11.2. The Bertz CT molecular complexity index is 979. The van der Waals surface area contributed by atoms with Crippen molar-refractivity contribution in [1.82, 2.24) is 9.38 Å². The van der Waals surface area contributed by atoms with Crippen LogP contribution in [0.3, 0.4) is 0 Å². The molecule has 25 heavy (non-hydrogen) atoms. The Balaban J connectivity index is 2.14. The zero-order chi connectivity index (χ0) is 18.1. The van der Waals surface area contributed by atoms with Gasteiger partial charge in [0.25, 0.3) is 0 Å². The molecule has 0 spiro atoms. The highest BCUT2D eigenvalue weighted by Gasteiger charge is 2.15. The smallest absolute Gasteiger partial charge is 0.309 e. The largest absolute Gasteiger partial charge is 0.481 e. The van der Waals surface area contributed by atoms with Crippen LogP contribution in [0.5, 0.6) is 0 Å². The van der Waals surface area contributed by atoms with Gasteiger partial charge in [0, 0.05) is 6.20 Å². The molecule has 0 atom stereocenters. The lowest BCUT2D eigenvalue weighted by atomic mass is 10.1. The number of hydrogen-bond donors (Lipinski definition) is 1. The second kappa shape index (κ2) is 6.47. The van der Waals surface area contributed by atoms with Gasteiger partial charge in [0.1, 0.15) is 5.65 Å². The van der Waals surface area contributed by atoms with Crippen molar-refractivity contribution in [3.63, 3.8) is 0 Å². The van der Waals surface area contributed by atoms with Crippen molar-refractivity contribution >= 4 is 23.1 Å². The number of rotatable bonds is 4. The molecule has 0 aliphatic rings. The van der Waals surface area contributed by atoms with Gasteiger partial charge in [-0.3, -0.25) is 9.20 Å².